The maximum Gasteiger partial charge on any atom is 0.114 e. The van der Waals surface area contributed by atoms with Crippen molar-refractivity contribution in [3.8, 4) is 0 Å². The number of imidazole rings is 1. The van der Waals surface area contributed by atoms with Crippen LogP contribution in [-0.4, -0.2) is 22.6 Å². The third-order valence-electron chi connectivity index (χ3n) is 3.94. The SMILES string of the molecule is Cc1c(Cl)ccc2c1nc(C1CCCNC1)n2C. The highest BCUT2D eigenvalue weighted by atomic mass is 35.5. The Morgan fingerprint density at radius 1 is 1.44 bits per heavy atom. The number of hydrogen-bond donors (Lipinski definition) is 1. The minimum Gasteiger partial charge on any atom is -0.331 e. The van der Waals surface area contributed by atoms with Gasteiger partial charge in [0.15, 0.2) is 0 Å². The summed E-state index contributed by atoms with van der Waals surface area (Å²) in [6.07, 6.45) is 2.45. The second-order valence-electron chi connectivity index (χ2n) is 5.11. The summed E-state index contributed by atoms with van der Waals surface area (Å²) in [6, 6.07) is 4.03. The molecule has 0 bridgehead atoms. The molecule has 2 heterocycles. The second-order valence-corrected chi connectivity index (χ2v) is 5.52. The zero-order valence-corrected chi connectivity index (χ0v) is 11.6. The van der Waals surface area contributed by atoms with Crippen molar-refractivity contribution in [3.05, 3.63) is 28.5 Å². The number of hydrogen-bond acceptors (Lipinski definition) is 2. The van der Waals surface area contributed by atoms with Crippen molar-refractivity contribution in [1.29, 1.82) is 0 Å². The van der Waals surface area contributed by atoms with E-state index in [1.807, 2.05) is 13.0 Å². The molecule has 0 radical (unpaired) electrons. The number of benzene rings is 1. The Hall–Kier alpha value is -1.06. The van der Waals surface area contributed by atoms with Crippen LogP contribution in [0.5, 0.6) is 0 Å². The fraction of sp³-hybridized carbons (Fsp3) is 0.500. The molecule has 96 valence electrons. The maximum absolute atomic E-state index is 6.17. The summed E-state index contributed by atoms with van der Waals surface area (Å²) in [6.45, 7) is 4.20. The molecule has 1 N–H and O–H groups in total. The van der Waals surface area contributed by atoms with Gasteiger partial charge in [-0.25, -0.2) is 4.98 Å². The van der Waals surface area contributed by atoms with Crippen LogP contribution in [0.3, 0.4) is 0 Å². The zero-order chi connectivity index (χ0) is 12.7. The van der Waals surface area contributed by atoms with Gasteiger partial charge in [-0.05, 0) is 44.0 Å². The van der Waals surface area contributed by atoms with Gasteiger partial charge in [-0.1, -0.05) is 11.6 Å². The van der Waals surface area contributed by atoms with Crippen LogP contribution in [0.4, 0.5) is 0 Å². The first-order valence-corrected chi connectivity index (χ1v) is 6.88. The van der Waals surface area contributed by atoms with Crippen LogP contribution < -0.4 is 5.32 Å². The van der Waals surface area contributed by atoms with Crippen molar-refractivity contribution < 1.29 is 0 Å². The van der Waals surface area contributed by atoms with Gasteiger partial charge in [0, 0.05) is 24.5 Å². The summed E-state index contributed by atoms with van der Waals surface area (Å²) in [4.78, 5) is 4.83. The molecule has 0 amide bonds. The molecule has 1 aromatic heterocycles. The Morgan fingerprint density at radius 2 is 2.28 bits per heavy atom. The molecule has 1 atom stereocenters. The summed E-state index contributed by atoms with van der Waals surface area (Å²) in [5.41, 5.74) is 3.31. The first-order valence-electron chi connectivity index (χ1n) is 6.50. The molecule has 0 aliphatic carbocycles. The predicted molar refractivity (Wildman–Crippen MR) is 75.3 cm³/mol. The molecule has 1 unspecified atom stereocenters. The van der Waals surface area contributed by atoms with E-state index in [1.54, 1.807) is 0 Å². The second kappa shape index (κ2) is 4.56. The van der Waals surface area contributed by atoms with Gasteiger partial charge >= 0.3 is 0 Å². The molecule has 1 aromatic carbocycles. The molecule has 0 spiro atoms. The third kappa shape index (κ3) is 1.82. The molecule has 1 saturated heterocycles. The average Bonchev–Trinajstić information content (AvgIpc) is 2.73. The fourth-order valence-electron chi connectivity index (χ4n) is 2.82. The van der Waals surface area contributed by atoms with Gasteiger partial charge in [-0.15, -0.1) is 0 Å². The van der Waals surface area contributed by atoms with Crippen molar-refractivity contribution >= 4 is 22.6 Å². The van der Waals surface area contributed by atoms with E-state index in [2.05, 4.69) is 23.0 Å². The molecule has 3 rings (SSSR count). The molecule has 3 nitrogen and oxygen atoms in total. The van der Waals surface area contributed by atoms with Crippen molar-refractivity contribution in [2.24, 2.45) is 7.05 Å². The Bertz CT molecular complexity index is 582. The van der Waals surface area contributed by atoms with Crippen LogP contribution in [0.1, 0.15) is 30.1 Å². The van der Waals surface area contributed by atoms with Gasteiger partial charge in [0.05, 0.1) is 11.0 Å². The number of aromatic nitrogens is 2. The maximum atomic E-state index is 6.17. The average molecular weight is 264 g/mol. The number of rotatable bonds is 1. The molecule has 4 heteroatoms. The molecule has 18 heavy (non-hydrogen) atoms. The standard InChI is InChI=1S/C14H18ClN3/c1-9-11(15)5-6-12-13(9)17-14(18(12)2)10-4-3-7-16-8-10/h5-6,10,16H,3-4,7-8H2,1-2H3. The first kappa shape index (κ1) is 12.0. The summed E-state index contributed by atoms with van der Waals surface area (Å²) in [5.74, 6) is 1.71. The Labute approximate surface area is 112 Å². The van der Waals surface area contributed by atoms with Gasteiger partial charge in [0.1, 0.15) is 5.82 Å². The van der Waals surface area contributed by atoms with Crippen LogP contribution in [0.2, 0.25) is 5.02 Å². The van der Waals surface area contributed by atoms with Gasteiger partial charge in [0.2, 0.25) is 0 Å². The molecule has 1 fully saturated rings. The first-order chi connectivity index (χ1) is 8.68. The van der Waals surface area contributed by atoms with Crippen LogP contribution in [0.15, 0.2) is 12.1 Å². The monoisotopic (exact) mass is 263 g/mol. The number of fused-ring (bicyclic) bond motifs is 1. The zero-order valence-electron chi connectivity index (χ0n) is 10.8. The molecule has 1 aliphatic rings. The van der Waals surface area contributed by atoms with E-state index in [9.17, 15) is 0 Å². The minimum absolute atomic E-state index is 0.523. The van der Waals surface area contributed by atoms with Crippen LogP contribution >= 0.6 is 11.6 Å². The highest BCUT2D eigenvalue weighted by Crippen LogP contribution is 2.29. The summed E-state index contributed by atoms with van der Waals surface area (Å²) in [5, 5.41) is 4.25. The number of aryl methyl sites for hydroxylation is 2. The predicted octanol–water partition coefficient (Wildman–Crippen LogP) is 3.00. The molecular weight excluding hydrogens is 246 g/mol. The summed E-state index contributed by atoms with van der Waals surface area (Å²) < 4.78 is 2.22. The Balaban J connectivity index is 2.13. The summed E-state index contributed by atoms with van der Waals surface area (Å²) in [7, 11) is 2.10. The van der Waals surface area contributed by atoms with Crippen molar-refractivity contribution in [2.75, 3.05) is 13.1 Å². The molecular formula is C14H18ClN3. The van der Waals surface area contributed by atoms with E-state index in [0.717, 1.165) is 29.2 Å². The van der Waals surface area contributed by atoms with Crippen molar-refractivity contribution in [2.45, 2.75) is 25.7 Å². The lowest BCUT2D eigenvalue weighted by molar-refractivity contribution is 0.440. The van der Waals surface area contributed by atoms with Crippen LogP contribution in [0.25, 0.3) is 11.0 Å². The van der Waals surface area contributed by atoms with Crippen molar-refractivity contribution in [3.63, 3.8) is 0 Å². The lowest BCUT2D eigenvalue weighted by Crippen LogP contribution is -2.29. The Kier molecular flexibility index (Phi) is 3.04. The lowest BCUT2D eigenvalue weighted by atomic mass is 9.99. The van der Waals surface area contributed by atoms with E-state index in [4.69, 9.17) is 16.6 Å². The topological polar surface area (TPSA) is 29.9 Å². The number of halogens is 1. The van der Waals surface area contributed by atoms with Crippen molar-refractivity contribution in [1.82, 2.24) is 14.9 Å². The van der Waals surface area contributed by atoms with Crippen LogP contribution in [-0.2, 0) is 7.05 Å². The molecule has 1 aliphatic heterocycles. The number of piperidine rings is 1. The fourth-order valence-corrected chi connectivity index (χ4v) is 2.98. The van der Waals surface area contributed by atoms with E-state index in [-0.39, 0.29) is 0 Å². The molecule has 2 aromatic rings. The number of nitrogens with one attached hydrogen (secondary N) is 1. The quantitative estimate of drug-likeness (QED) is 0.857. The largest absolute Gasteiger partial charge is 0.331 e. The third-order valence-corrected chi connectivity index (χ3v) is 4.35. The van der Waals surface area contributed by atoms with Gasteiger partial charge < -0.3 is 9.88 Å². The van der Waals surface area contributed by atoms with E-state index in [1.165, 1.54) is 24.2 Å². The van der Waals surface area contributed by atoms with Gasteiger partial charge in [-0.3, -0.25) is 0 Å². The highest BCUT2D eigenvalue weighted by molar-refractivity contribution is 6.32. The Morgan fingerprint density at radius 3 is 3.00 bits per heavy atom. The van der Waals surface area contributed by atoms with Gasteiger partial charge in [0.25, 0.3) is 0 Å². The smallest absolute Gasteiger partial charge is 0.114 e. The van der Waals surface area contributed by atoms with Gasteiger partial charge in [-0.2, -0.15) is 0 Å². The molecule has 0 saturated carbocycles. The normalized spacial score (nSPS) is 20.5. The minimum atomic E-state index is 0.523. The van der Waals surface area contributed by atoms with E-state index < -0.39 is 0 Å². The van der Waals surface area contributed by atoms with E-state index >= 15 is 0 Å². The lowest BCUT2D eigenvalue weighted by Gasteiger charge is -2.22. The van der Waals surface area contributed by atoms with E-state index in [0.29, 0.717) is 5.92 Å². The highest BCUT2D eigenvalue weighted by Gasteiger charge is 2.21. The summed E-state index contributed by atoms with van der Waals surface area (Å²) >= 11 is 6.17. The van der Waals surface area contributed by atoms with Crippen LogP contribution in [0, 0.1) is 6.92 Å². The number of nitrogens with zero attached hydrogens (tertiary/aromatic N) is 2.